The van der Waals surface area contributed by atoms with Crippen molar-refractivity contribution < 1.29 is 9.32 Å². The van der Waals surface area contributed by atoms with Crippen molar-refractivity contribution in [2.45, 2.75) is 39.7 Å². The van der Waals surface area contributed by atoms with Gasteiger partial charge in [0.1, 0.15) is 0 Å². The van der Waals surface area contributed by atoms with Gasteiger partial charge in [-0.3, -0.25) is 0 Å². The lowest BCUT2D eigenvalue weighted by molar-refractivity contribution is 0.195. The largest absolute Gasteiger partial charge is 0.359 e. The molecule has 22 heavy (non-hydrogen) atoms. The Hall–Kier alpha value is -2.30. The van der Waals surface area contributed by atoms with Crippen LogP contribution in [0.2, 0.25) is 0 Å². The predicted octanol–water partition coefficient (Wildman–Crippen LogP) is 3.97. The molecule has 0 radical (unpaired) electrons. The molecule has 1 fully saturated rings. The van der Waals surface area contributed by atoms with Crippen LogP contribution < -0.4 is 5.32 Å². The molecule has 0 aliphatic carbocycles. The highest BCUT2D eigenvalue weighted by Crippen LogP contribution is 2.32. The summed E-state index contributed by atoms with van der Waals surface area (Å²) in [5, 5.41) is 6.93. The van der Waals surface area contributed by atoms with Gasteiger partial charge in [0.15, 0.2) is 5.76 Å². The molecular formula is C17H21N3O2. The molecule has 2 heterocycles. The van der Waals surface area contributed by atoms with E-state index in [2.05, 4.69) is 16.5 Å². The maximum atomic E-state index is 12.6. The molecule has 5 nitrogen and oxygen atoms in total. The predicted molar refractivity (Wildman–Crippen MR) is 84.9 cm³/mol. The fraction of sp³-hybridized carbons (Fsp3) is 0.412. The second-order valence-electron chi connectivity index (χ2n) is 6.03. The second kappa shape index (κ2) is 5.83. The first kappa shape index (κ1) is 14.6. The standard InChI is InChI=1S/C17H21N3O2/c1-11-7-12(2)9-14(8-11)18-17(21)20-6-4-5-15(20)16-10-13(3)19-22-16/h7-10,15H,4-6H2,1-3H3,(H,18,21). The molecule has 2 aromatic rings. The molecule has 1 aromatic carbocycles. The van der Waals surface area contributed by atoms with Gasteiger partial charge < -0.3 is 14.7 Å². The highest BCUT2D eigenvalue weighted by atomic mass is 16.5. The van der Waals surface area contributed by atoms with Crippen LogP contribution in [0.4, 0.5) is 10.5 Å². The zero-order valence-corrected chi connectivity index (χ0v) is 13.2. The number of nitrogens with one attached hydrogen (secondary N) is 1. The Kier molecular flexibility index (Phi) is 3.88. The molecule has 1 atom stereocenters. The Morgan fingerprint density at radius 3 is 2.59 bits per heavy atom. The molecule has 1 N–H and O–H groups in total. The number of likely N-dealkylation sites (tertiary alicyclic amines) is 1. The highest BCUT2D eigenvalue weighted by molar-refractivity contribution is 5.90. The maximum Gasteiger partial charge on any atom is 0.322 e. The van der Waals surface area contributed by atoms with Gasteiger partial charge in [-0.15, -0.1) is 0 Å². The fourth-order valence-corrected chi connectivity index (χ4v) is 3.09. The van der Waals surface area contributed by atoms with E-state index in [9.17, 15) is 4.79 Å². The first-order chi connectivity index (χ1) is 10.5. The molecule has 1 aliphatic rings. The molecule has 1 aliphatic heterocycles. The zero-order chi connectivity index (χ0) is 15.7. The molecule has 1 unspecified atom stereocenters. The van der Waals surface area contributed by atoms with E-state index in [1.807, 2.05) is 43.9 Å². The zero-order valence-electron chi connectivity index (χ0n) is 13.2. The van der Waals surface area contributed by atoms with Crippen molar-refractivity contribution in [1.82, 2.24) is 10.1 Å². The number of urea groups is 1. The Labute approximate surface area is 130 Å². The van der Waals surface area contributed by atoms with Gasteiger partial charge in [0, 0.05) is 18.3 Å². The topological polar surface area (TPSA) is 58.4 Å². The van der Waals surface area contributed by atoms with Crippen molar-refractivity contribution in [2.24, 2.45) is 0 Å². The van der Waals surface area contributed by atoms with E-state index in [4.69, 9.17) is 4.52 Å². The van der Waals surface area contributed by atoms with E-state index in [1.54, 1.807) is 0 Å². The molecule has 0 bridgehead atoms. The Balaban J connectivity index is 1.76. The summed E-state index contributed by atoms with van der Waals surface area (Å²) in [5.41, 5.74) is 3.96. The van der Waals surface area contributed by atoms with Crippen molar-refractivity contribution in [3.8, 4) is 0 Å². The third-order valence-electron chi connectivity index (χ3n) is 3.96. The number of anilines is 1. The molecule has 2 amide bonds. The number of aryl methyl sites for hydroxylation is 3. The molecule has 0 saturated carbocycles. The Morgan fingerprint density at radius 2 is 1.95 bits per heavy atom. The van der Waals surface area contributed by atoms with E-state index in [-0.39, 0.29) is 12.1 Å². The van der Waals surface area contributed by atoms with Crippen LogP contribution in [0.15, 0.2) is 28.8 Å². The smallest absolute Gasteiger partial charge is 0.322 e. The van der Waals surface area contributed by atoms with Crippen molar-refractivity contribution in [2.75, 3.05) is 11.9 Å². The number of hydrogen-bond acceptors (Lipinski definition) is 3. The van der Waals surface area contributed by atoms with Gasteiger partial charge in [0.05, 0.1) is 11.7 Å². The van der Waals surface area contributed by atoms with E-state index >= 15 is 0 Å². The minimum Gasteiger partial charge on any atom is -0.359 e. The van der Waals surface area contributed by atoms with Crippen LogP contribution in [0.25, 0.3) is 0 Å². The molecule has 116 valence electrons. The summed E-state index contributed by atoms with van der Waals surface area (Å²) in [6, 6.07) is 7.86. The van der Waals surface area contributed by atoms with Gasteiger partial charge >= 0.3 is 6.03 Å². The van der Waals surface area contributed by atoms with Gasteiger partial charge in [-0.25, -0.2) is 4.79 Å². The van der Waals surface area contributed by atoms with E-state index in [0.717, 1.165) is 47.7 Å². The normalized spacial score (nSPS) is 17.8. The maximum absolute atomic E-state index is 12.6. The number of hydrogen-bond donors (Lipinski definition) is 1. The van der Waals surface area contributed by atoms with Gasteiger partial charge in [-0.2, -0.15) is 0 Å². The minimum atomic E-state index is -0.0819. The molecule has 1 aromatic heterocycles. The number of carbonyl (C=O) groups excluding carboxylic acids is 1. The average Bonchev–Trinajstić information content (AvgIpc) is 3.05. The van der Waals surface area contributed by atoms with Crippen molar-refractivity contribution in [3.05, 3.63) is 46.8 Å². The average molecular weight is 299 g/mol. The Morgan fingerprint density at radius 1 is 1.23 bits per heavy atom. The summed E-state index contributed by atoms with van der Waals surface area (Å²) in [5.74, 6) is 0.769. The van der Waals surface area contributed by atoms with Gasteiger partial charge in [0.25, 0.3) is 0 Å². The number of aromatic nitrogens is 1. The van der Waals surface area contributed by atoms with Crippen molar-refractivity contribution >= 4 is 11.7 Å². The summed E-state index contributed by atoms with van der Waals surface area (Å²) < 4.78 is 5.35. The van der Waals surface area contributed by atoms with E-state index in [1.165, 1.54) is 0 Å². The van der Waals surface area contributed by atoms with Crippen molar-refractivity contribution in [3.63, 3.8) is 0 Å². The molecule has 3 rings (SSSR count). The lowest BCUT2D eigenvalue weighted by atomic mass is 10.1. The fourth-order valence-electron chi connectivity index (χ4n) is 3.09. The second-order valence-corrected chi connectivity index (χ2v) is 6.03. The molecular weight excluding hydrogens is 278 g/mol. The third kappa shape index (κ3) is 2.98. The van der Waals surface area contributed by atoms with Crippen LogP contribution >= 0.6 is 0 Å². The number of nitrogens with zero attached hydrogens (tertiary/aromatic N) is 2. The van der Waals surface area contributed by atoms with E-state index < -0.39 is 0 Å². The SMILES string of the molecule is Cc1cc(C)cc(NC(=O)N2CCCC2c2cc(C)no2)c1. The Bertz CT molecular complexity index is 673. The summed E-state index contributed by atoms with van der Waals surface area (Å²) in [6.07, 6.45) is 1.89. The monoisotopic (exact) mass is 299 g/mol. The molecule has 5 heteroatoms. The number of carbonyl (C=O) groups is 1. The number of rotatable bonds is 2. The van der Waals surface area contributed by atoms with Gasteiger partial charge in [-0.1, -0.05) is 11.2 Å². The van der Waals surface area contributed by atoms with Crippen LogP contribution in [0.3, 0.4) is 0 Å². The van der Waals surface area contributed by atoms with Crippen LogP contribution in [0, 0.1) is 20.8 Å². The van der Waals surface area contributed by atoms with Crippen molar-refractivity contribution in [1.29, 1.82) is 0 Å². The van der Waals surface area contributed by atoms with Gasteiger partial charge in [-0.05, 0) is 56.9 Å². The highest BCUT2D eigenvalue weighted by Gasteiger charge is 2.32. The summed E-state index contributed by atoms with van der Waals surface area (Å²) >= 11 is 0. The third-order valence-corrected chi connectivity index (χ3v) is 3.96. The van der Waals surface area contributed by atoms with Crippen LogP contribution in [0.5, 0.6) is 0 Å². The van der Waals surface area contributed by atoms with Crippen LogP contribution in [-0.4, -0.2) is 22.6 Å². The first-order valence-corrected chi connectivity index (χ1v) is 7.62. The number of benzene rings is 1. The summed E-state index contributed by atoms with van der Waals surface area (Å²) in [4.78, 5) is 14.4. The van der Waals surface area contributed by atoms with Crippen LogP contribution in [-0.2, 0) is 0 Å². The minimum absolute atomic E-state index is 0.0212. The summed E-state index contributed by atoms with van der Waals surface area (Å²) in [6.45, 7) is 6.68. The molecule has 0 spiro atoms. The molecule has 1 saturated heterocycles. The quantitative estimate of drug-likeness (QED) is 0.912. The van der Waals surface area contributed by atoms with Crippen LogP contribution in [0.1, 0.15) is 41.5 Å². The summed E-state index contributed by atoms with van der Waals surface area (Å²) in [7, 11) is 0. The lowest BCUT2D eigenvalue weighted by Crippen LogP contribution is -2.34. The number of amides is 2. The van der Waals surface area contributed by atoms with Gasteiger partial charge in [0.2, 0.25) is 0 Å². The lowest BCUT2D eigenvalue weighted by Gasteiger charge is -2.23. The van der Waals surface area contributed by atoms with E-state index in [0.29, 0.717) is 0 Å². The first-order valence-electron chi connectivity index (χ1n) is 7.62.